The topological polar surface area (TPSA) is 93.0 Å². The summed E-state index contributed by atoms with van der Waals surface area (Å²) in [5.41, 5.74) is -1.84. The van der Waals surface area contributed by atoms with Crippen LogP contribution < -0.4 is 9.62 Å². The van der Waals surface area contributed by atoms with Gasteiger partial charge < -0.3 is 4.90 Å². The van der Waals surface area contributed by atoms with Crippen LogP contribution in [0.2, 0.25) is 0 Å². The molecule has 8 nitrogen and oxygen atoms in total. The maximum atomic E-state index is 12.6. The van der Waals surface area contributed by atoms with Crippen LogP contribution >= 0.6 is 0 Å². The number of sulfonamides is 1. The molecule has 12 heteroatoms. The van der Waals surface area contributed by atoms with Gasteiger partial charge in [0.25, 0.3) is 0 Å². The zero-order chi connectivity index (χ0) is 26.5. The van der Waals surface area contributed by atoms with Crippen LogP contribution in [0.4, 0.5) is 24.8 Å². The number of anilines is 2. The highest BCUT2D eigenvalue weighted by Crippen LogP contribution is 2.25. The quantitative estimate of drug-likeness (QED) is 0.319. The highest BCUT2D eigenvalue weighted by molar-refractivity contribution is 7.93. The fourth-order valence-corrected chi connectivity index (χ4v) is 4.11. The van der Waals surface area contributed by atoms with Crippen LogP contribution in [-0.2, 0) is 29.4 Å². The van der Waals surface area contributed by atoms with Gasteiger partial charge in [-0.05, 0) is 48.2 Å². The maximum absolute atomic E-state index is 12.6. The SMILES string of the molecule is CCc1cnc(N(CCc2ccc(NS(=O)(=O)C(F)(F)F)cc2)Cc2cnn(-c3ccccc3)c2)nc1. The van der Waals surface area contributed by atoms with Gasteiger partial charge in [-0.3, -0.25) is 4.72 Å². The molecular weight excluding hydrogens is 505 g/mol. The van der Waals surface area contributed by atoms with E-state index in [9.17, 15) is 21.6 Å². The van der Waals surface area contributed by atoms with E-state index in [0.29, 0.717) is 25.5 Å². The first-order chi connectivity index (χ1) is 17.6. The average molecular weight is 531 g/mol. The zero-order valence-electron chi connectivity index (χ0n) is 19.9. The maximum Gasteiger partial charge on any atom is 0.516 e. The Kier molecular flexibility index (Phi) is 7.77. The van der Waals surface area contributed by atoms with Gasteiger partial charge in [0.05, 0.1) is 11.9 Å². The zero-order valence-corrected chi connectivity index (χ0v) is 20.7. The molecule has 4 aromatic rings. The van der Waals surface area contributed by atoms with Crippen molar-refractivity contribution in [2.24, 2.45) is 0 Å². The van der Waals surface area contributed by atoms with Crippen molar-refractivity contribution in [3.05, 3.63) is 96.1 Å². The lowest BCUT2D eigenvalue weighted by atomic mass is 10.1. The van der Waals surface area contributed by atoms with Crippen LogP contribution in [0.15, 0.2) is 79.4 Å². The van der Waals surface area contributed by atoms with Crippen LogP contribution in [0.5, 0.6) is 0 Å². The molecule has 2 aromatic carbocycles. The van der Waals surface area contributed by atoms with Gasteiger partial charge in [-0.25, -0.2) is 14.6 Å². The first-order valence-corrected chi connectivity index (χ1v) is 13.0. The van der Waals surface area contributed by atoms with Gasteiger partial charge in [-0.15, -0.1) is 0 Å². The second-order valence-corrected chi connectivity index (χ2v) is 9.97. The highest BCUT2D eigenvalue weighted by atomic mass is 32.2. The van der Waals surface area contributed by atoms with E-state index in [1.807, 2.05) is 48.4 Å². The number of halogens is 3. The Bertz CT molecular complexity index is 1410. The minimum atomic E-state index is -5.47. The Labute approximate surface area is 212 Å². The Hall–Kier alpha value is -3.93. The summed E-state index contributed by atoms with van der Waals surface area (Å²) in [5.74, 6) is 0.541. The largest absolute Gasteiger partial charge is 0.516 e. The number of nitrogens with one attached hydrogen (secondary N) is 1. The molecule has 4 rings (SSSR count). The predicted octanol–water partition coefficient (Wildman–Crippen LogP) is 4.74. The first-order valence-electron chi connectivity index (χ1n) is 11.5. The summed E-state index contributed by atoms with van der Waals surface area (Å²) in [6, 6.07) is 15.5. The number of benzene rings is 2. The van der Waals surface area contributed by atoms with Gasteiger partial charge in [-0.1, -0.05) is 37.3 Å². The van der Waals surface area contributed by atoms with Crippen molar-refractivity contribution >= 4 is 21.7 Å². The van der Waals surface area contributed by atoms with Gasteiger partial charge in [-0.2, -0.15) is 26.7 Å². The van der Waals surface area contributed by atoms with E-state index in [1.54, 1.807) is 40.1 Å². The standard InChI is InChI=1S/C25H25F3N6O2S/c1-2-19-14-29-24(30-15-19)33(17-21-16-31-34(18-21)23-6-4-3-5-7-23)13-12-20-8-10-22(11-9-20)32-37(35,36)25(26,27)28/h3-11,14-16,18,32H,2,12-13,17H2,1H3. The van der Waals surface area contributed by atoms with Crippen molar-refractivity contribution in [2.45, 2.75) is 31.8 Å². The molecule has 0 radical (unpaired) electrons. The molecule has 0 saturated heterocycles. The third-order valence-electron chi connectivity index (χ3n) is 5.59. The molecule has 0 fully saturated rings. The van der Waals surface area contributed by atoms with E-state index < -0.39 is 15.5 Å². The van der Waals surface area contributed by atoms with Crippen LogP contribution in [-0.4, -0.2) is 40.2 Å². The molecule has 0 unspecified atom stereocenters. The van der Waals surface area contributed by atoms with E-state index >= 15 is 0 Å². The van der Waals surface area contributed by atoms with E-state index in [-0.39, 0.29) is 5.69 Å². The summed E-state index contributed by atoms with van der Waals surface area (Å²) >= 11 is 0. The van der Waals surface area contributed by atoms with E-state index in [2.05, 4.69) is 15.1 Å². The molecule has 194 valence electrons. The predicted molar refractivity (Wildman–Crippen MR) is 135 cm³/mol. The fraction of sp³-hybridized carbons (Fsp3) is 0.240. The third kappa shape index (κ3) is 6.64. The molecule has 2 heterocycles. The molecule has 1 N–H and O–H groups in total. The highest BCUT2D eigenvalue weighted by Gasteiger charge is 2.46. The normalized spacial score (nSPS) is 11.9. The number of para-hydroxylation sites is 1. The summed E-state index contributed by atoms with van der Waals surface area (Å²) in [7, 11) is -5.47. The summed E-state index contributed by atoms with van der Waals surface area (Å²) in [5, 5.41) is 4.45. The number of rotatable bonds is 10. The van der Waals surface area contributed by atoms with Gasteiger partial charge in [0.2, 0.25) is 5.95 Å². The summed E-state index contributed by atoms with van der Waals surface area (Å²) in [6.07, 6.45) is 8.62. The van der Waals surface area contributed by atoms with Crippen LogP contribution in [0.3, 0.4) is 0 Å². The molecule has 2 aromatic heterocycles. The Balaban J connectivity index is 1.48. The summed E-state index contributed by atoms with van der Waals surface area (Å²) in [4.78, 5) is 11.0. The van der Waals surface area contributed by atoms with Gasteiger partial charge in [0.1, 0.15) is 0 Å². The van der Waals surface area contributed by atoms with Crippen LogP contribution in [0.1, 0.15) is 23.6 Å². The number of hydrogen-bond acceptors (Lipinski definition) is 6. The van der Waals surface area contributed by atoms with Crippen molar-refractivity contribution in [3.8, 4) is 5.69 Å². The second-order valence-electron chi connectivity index (χ2n) is 8.29. The fourth-order valence-electron chi connectivity index (χ4n) is 3.54. The van der Waals surface area contributed by atoms with Gasteiger partial charge in [0, 0.05) is 42.9 Å². The van der Waals surface area contributed by atoms with Crippen molar-refractivity contribution in [3.63, 3.8) is 0 Å². The molecule has 0 aliphatic heterocycles. The molecule has 0 amide bonds. The minimum absolute atomic E-state index is 0.162. The van der Waals surface area contributed by atoms with E-state index in [0.717, 1.165) is 28.8 Å². The Morgan fingerprint density at radius 2 is 1.59 bits per heavy atom. The monoisotopic (exact) mass is 530 g/mol. The Morgan fingerprint density at radius 1 is 0.919 bits per heavy atom. The molecule has 0 bridgehead atoms. The average Bonchev–Trinajstić information content (AvgIpc) is 3.36. The van der Waals surface area contributed by atoms with Crippen molar-refractivity contribution < 1.29 is 21.6 Å². The molecule has 37 heavy (non-hydrogen) atoms. The molecule has 0 aliphatic carbocycles. The molecular formula is C25H25F3N6O2S. The molecule has 0 saturated carbocycles. The Morgan fingerprint density at radius 3 is 2.22 bits per heavy atom. The summed E-state index contributed by atoms with van der Waals surface area (Å²) < 4.78 is 63.8. The lowest BCUT2D eigenvalue weighted by Gasteiger charge is -2.22. The van der Waals surface area contributed by atoms with Crippen molar-refractivity contribution in [2.75, 3.05) is 16.2 Å². The minimum Gasteiger partial charge on any atom is -0.336 e. The van der Waals surface area contributed by atoms with Crippen LogP contribution in [0.25, 0.3) is 5.69 Å². The molecule has 0 aliphatic rings. The third-order valence-corrected chi connectivity index (χ3v) is 6.71. The van der Waals surface area contributed by atoms with Crippen molar-refractivity contribution in [1.82, 2.24) is 19.7 Å². The molecule has 0 atom stereocenters. The number of alkyl halides is 3. The number of nitrogens with zero attached hydrogens (tertiary/aromatic N) is 5. The number of aromatic nitrogens is 4. The number of aryl methyl sites for hydroxylation is 1. The first kappa shape index (κ1) is 26.1. The lowest BCUT2D eigenvalue weighted by Crippen LogP contribution is -2.29. The second kappa shape index (κ2) is 11.0. The van der Waals surface area contributed by atoms with Crippen molar-refractivity contribution in [1.29, 1.82) is 0 Å². The number of hydrogen-bond donors (Lipinski definition) is 1. The van der Waals surface area contributed by atoms with Gasteiger partial charge >= 0.3 is 15.5 Å². The van der Waals surface area contributed by atoms with E-state index in [1.165, 1.54) is 12.1 Å². The van der Waals surface area contributed by atoms with Crippen LogP contribution in [0, 0.1) is 0 Å². The summed E-state index contributed by atoms with van der Waals surface area (Å²) in [6.45, 7) is 3.02. The van der Waals surface area contributed by atoms with E-state index in [4.69, 9.17) is 0 Å². The lowest BCUT2D eigenvalue weighted by molar-refractivity contribution is -0.0429. The smallest absolute Gasteiger partial charge is 0.336 e. The molecule has 0 spiro atoms. The van der Waals surface area contributed by atoms with Gasteiger partial charge in [0.15, 0.2) is 0 Å².